The monoisotopic (exact) mass is 433 g/mol. The largest absolute Gasteiger partial charge is 0.335 e. The molecule has 0 atom stereocenters. The average molecular weight is 434 g/mol. The van der Waals surface area contributed by atoms with Crippen LogP contribution in [0.25, 0.3) is 22.0 Å². The first kappa shape index (κ1) is 18.3. The maximum absolute atomic E-state index is 6.24. The van der Waals surface area contributed by atoms with E-state index in [0.717, 1.165) is 16.3 Å². The molecule has 5 nitrogen and oxygen atoms in total. The van der Waals surface area contributed by atoms with E-state index in [1.54, 1.807) is 29.5 Å². The van der Waals surface area contributed by atoms with E-state index in [1.165, 1.54) is 16.4 Å². The van der Waals surface area contributed by atoms with Crippen LogP contribution in [0.2, 0.25) is 10.0 Å². The zero-order valence-electron chi connectivity index (χ0n) is 13.8. The number of nitrogen functional groups attached to an aromatic ring is 1. The Morgan fingerprint density at radius 3 is 2.67 bits per heavy atom. The lowest BCUT2D eigenvalue weighted by atomic mass is 10.2. The van der Waals surface area contributed by atoms with Gasteiger partial charge in [-0.05, 0) is 18.2 Å². The molecule has 4 aromatic rings. The minimum absolute atomic E-state index is 0.477. The molecule has 2 heterocycles. The van der Waals surface area contributed by atoms with Gasteiger partial charge < -0.3 is 5.84 Å². The van der Waals surface area contributed by atoms with Crippen molar-refractivity contribution in [3.05, 3.63) is 69.7 Å². The Hall–Kier alpha value is -2.06. The summed E-state index contributed by atoms with van der Waals surface area (Å²) in [5, 5.41) is 13.0. The van der Waals surface area contributed by atoms with Crippen LogP contribution in [0.4, 0.5) is 0 Å². The fraction of sp³-hybridized carbons (Fsp3) is 0.0556. The molecule has 136 valence electrons. The van der Waals surface area contributed by atoms with E-state index in [9.17, 15) is 0 Å². The fourth-order valence-electron chi connectivity index (χ4n) is 2.46. The molecule has 0 aliphatic heterocycles. The van der Waals surface area contributed by atoms with E-state index in [0.29, 0.717) is 32.3 Å². The SMILES string of the molecule is Nn1c(SCc2csc(-c3ccccc3)n2)nnc1-c1ccc(Cl)cc1Cl. The van der Waals surface area contributed by atoms with Gasteiger partial charge in [-0.15, -0.1) is 21.5 Å². The molecule has 2 aromatic carbocycles. The number of hydrogen-bond acceptors (Lipinski definition) is 6. The van der Waals surface area contributed by atoms with Gasteiger partial charge >= 0.3 is 0 Å². The molecule has 0 amide bonds. The highest BCUT2D eigenvalue weighted by Crippen LogP contribution is 2.31. The van der Waals surface area contributed by atoms with Gasteiger partial charge in [0, 0.05) is 27.3 Å². The molecule has 0 radical (unpaired) electrons. The summed E-state index contributed by atoms with van der Waals surface area (Å²) in [6.07, 6.45) is 0. The highest BCUT2D eigenvalue weighted by Gasteiger charge is 2.16. The van der Waals surface area contributed by atoms with Crippen molar-refractivity contribution in [3.63, 3.8) is 0 Å². The Bertz CT molecular complexity index is 1080. The van der Waals surface area contributed by atoms with E-state index < -0.39 is 0 Å². The summed E-state index contributed by atoms with van der Waals surface area (Å²) >= 11 is 15.3. The molecule has 2 N–H and O–H groups in total. The average Bonchev–Trinajstić information content (AvgIpc) is 3.28. The van der Waals surface area contributed by atoms with E-state index in [2.05, 4.69) is 27.3 Å². The Morgan fingerprint density at radius 2 is 1.89 bits per heavy atom. The molecule has 9 heteroatoms. The van der Waals surface area contributed by atoms with Crippen LogP contribution in [0.15, 0.2) is 59.1 Å². The first-order valence-corrected chi connectivity index (χ1v) is 10.5. The number of thiazole rings is 1. The van der Waals surface area contributed by atoms with Gasteiger partial charge in [0.25, 0.3) is 0 Å². The zero-order chi connectivity index (χ0) is 18.8. The van der Waals surface area contributed by atoms with Crippen LogP contribution in [0.3, 0.4) is 0 Å². The molecule has 0 saturated heterocycles. The lowest BCUT2D eigenvalue weighted by molar-refractivity contribution is 0.849. The van der Waals surface area contributed by atoms with Gasteiger partial charge in [0.05, 0.1) is 10.7 Å². The number of nitrogens with zero attached hydrogens (tertiary/aromatic N) is 4. The van der Waals surface area contributed by atoms with Gasteiger partial charge in [0.2, 0.25) is 5.16 Å². The fourth-order valence-corrected chi connectivity index (χ4v) is 4.63. The molecular formula is C18H13Cl2N5S2. The van der Waals surface area contributed by atoms with Crippen molar-refractivity contribution >= 4 is 46.3 Å². The second kappa shape index (κ2) is 7.90. The lowest BCUT2D eigenvalue weighted by Crippen LogP contribution is -2.11. The van der Waals surface area contributed by atoms with Crippen LogP contribution in [0.1, 0.15) is 5.69 Å². The molecule has 0 saturated carbocycles. The number of hydrogen-bond donors (Lipinski definition) is 1. The summed E-state index contributed by atoms with van der Waals surface area (Å²) in [5.74, 6) is 7.30. The van der Waals surface area contributed by atoms with Gasteiger partial charge in [0.1, 0.15) is 5.01 Å². The molecule has 0 aliphatic rings. The standard InChI is InChI=1S/C18H13Cl2N5S2/c19-12-6-7-14(15(20)8-12)16-23-24-18(25(16)21)27-10-13-9-26-17(22-13)11-4-2-1-3-5-11/h1-9H,10,21H2. The molecule has 0 bridgehead atoms. The van der Waals surface area contributed by atoms with Crippen LogP contribution >= 0.6 is 46.3 Å². The second-order valence-electron chi connectivity index (χ2n) is 5.60. The molecule has 0 unspecified atom stereocenters. The van der Waals surface area contributed by atoms with Gasteiger partial charge in [-0.25, -0.2) is 9.66 Å². The van der Waals surface area contributed by atoms with Crippen molar-refractivity contribution in [1.29, 1.82) is 0 Å². The Labute approximate surface area is 174 Å². The van der Waals surface area contributed by atoms with Crippen molar-refractivity contribution in [1.82, 2.24) is 19.9 Å². The van der Waals surface area contributed by atoms with Crippen LogP contribution < -0.4 is 5.84 Å². The van der Waals surface area contributed by atoms with Crippen LogP contribution in [0, 0.1) is 0 Å². The third-order valence-corrected chi connectivity index (χ3v) is 6.22. The van der Waals surface area contributed by atoms with Crippen LogP contribution in [0.5, 0.6) is 0 Å². The summed E-state index contributed by atoms with van der Waals surface area (Å²) in [6.45, 7) is 0. The van der Waals surface area contributed by atoms with E-state index in [-0.39, 0.29) is 0 Å². The third-order valence-electron chi connectivity index (χ3n) is 3.76. The molecule has 2 aromatic heterocycles. The molecule has 27 heavy (non-hydrogen) atoms. The van der Waals surface area contributed by atoms with E-state index in [1.807, 2.05) is 23.6 Å². The molecule has 0 aliphatic carbocycles. The maximum Gasteiger partial charge on any atom is 0.210 e. The number of halogens is 2. The maximum atomic E-state index is 6.24. The second-order valence-corrected chi connectivity index (χ2v) is 8.24. The number of nitrogens with two attached hydrogens (primary N) is 1. The van der Waals surface area contributed by atoms with E-state index >= 15 is 0 Å². The van der Waals surface area contributed by atoms with Crippen LogP contribution in [-0.4, -0.2) is 19.9 Å². The summed E-state index contributed by atoms with van der Waals surface area (Å²) in [5.41, 5.74) is 2.77. The summed E-state index contributed by atoms with van der Waals surface area (Å²) in [4.78, 5) is 4.68. The predicted molar refractivity (Wildman–Crippen MR) is 113 cm³/mol. The number of benzene rings is 2. The summed E-state index contributed by atoms with van der Waals surface area (Å²) in [7, 11) is 0. The first-order chi connectivity index (χ1) is 13.1. The van der Waals surface area contributed by atoms with Crippen molar-refractivity contribution in [2.24, 2.45) is 0 Å². The van der Waals surface area contributed by atoms with Crippen molar-refractivity contribution in [2.45, 2.75) is 10.9 Å². The Balaban J connectivity index is 1.50. The zero-order valence-corrected chi connectivity index (χ0v) is 17.0. The lowest BCUT2D eigenvalue weighted by Gasteiger charge is -2.05. The topological polar surface area (TPSA) is 69.6 Å². The van der Waals surface area contributed by atoms with Crippen LogP contribution in [-0.2, 0) is 5.75 Å². The number of rotatable bonds is 5. The highest BCUT2D eigenvalue weighted by atomic mass is 35.5. The number of aromatic nitrogens is 4. The summed E-state index contributed by atoms with van der Waals surface area (Å²) in [6, 6.07) is 15.3. The normalized spacial score (nSPS) is 11.0. The van der Waals surface area contributed by atoms with Crippen molar-refractivity contribution in [2.75, 3.05) is 5.84 Å². The minimum atomic E-state index is 0.477. The van der Waals surface area contributed by atoms with Gasteiger partial charge in [-0.2, -0.15) is 0 Å². The van der Waals surface area contributed by atoms with Gasteiger partial charge in [0.15, 0.2) is 5.82 Å². The molecule has 4 rings (SSSR count). The molecule has 0 fully saturated rings. The predicted octanol–water partition coefficient (Wildman–Crippen LogP) is 5.38. The van der Waals surface area contributed by atoms with Crippen molar-refractivity contribution < 1.29 is 0 Å². The van der Waals surface area contributed by atoms with Gasteiger partial charge in [-0.1, -0.05) is 65.3 Å². The number of thioether (sulfide) groups is 1. The molecule has 0 spiro atoms. The third kappa shape index (κ3) is 3.96. The first-order valence-electron chi connectivity index (χ1n) is 7.90. The summed E-state index contributed by atoms with van der Waals surface area (Å²) < 4.78 is 1.43. The minimum Gasteiger partial charge on any atom is -0.335 e. The quantitative estimate of drug-likeness (QED) is 0.337. The van der Waals surface area contributed by atoms with Gasteiger partial charge in [-0.3, -0.25) is 0 Å². The smallest absolute Gasteiger partial charge is 0.210 e. The van der Waals surface area contributed by atoms with Crippen molar-refractivity contribution in [3.8, 4) is 22.0 Å². The Morgan fingerprint density at radius 1 is 1.07 bits per heavy atom. The highest BCUT2D eigenvalue weighted by molar-refractivity contribution is 7.98. The van der Waals surface area contributed by atoms with E-state index in [4.69, 9.17) is 29.0 Å². The molecular weight excluding hydrogens is 421 g/mol. The Kier molecular flexibility index (Phi) is 5.36.